The van der Waals surface area contributed by atoms with Crippen molar-refractivity contribution in [3.63, 3.8) is 0 Å². The zero-order chi connectivity index (χ0) is 12.5. The molecular weight excluding hydrogens is 250 g/mol. The van der Waals surface area contributed by atoms with Crippen molar-refractivity contribution >= 4 is 11.6 Å². The zero-order valence-corrected chi connectivity index (χ0v) is 10.4. The molecule has 0 bridgehead atoms. The van der Waals surface area contributed by atoms with E-state index in [4.69, 9.17) is 11.6 Å². The largest absolute Gasteiger partial charge is 0.266 e. The smallest absolute Gasteiger partial charge is 0.154 e. The van der Waals surface area contributed by atoms with E-state index in [1.165, 1.54) is 0 Å². The number of nitrogens with zero attached hydrogens (tertiary/aromatic N) is 5. The van der Waals surface area contributed by atoms with Crippen molar-refractivity contribution in [2.24, 2.45) is 7.05 Å². The second-order valence-electron chi connectivity index (χ2n) is 3.80. The van der Waals surface area contributed by atoms with Crippen molar-refractivity contribution in [2.75, 3.05) is 0 Å². The monoisotopic (exact) mass is 259 g/mol. The highest BCUT2D eigenvalue weighted by Crippen LogP contribution is 2.20. The summed E-state index contributed by atoms with van der Waals surface area (Å²) in [6.45, 7) is 0. The first-order chi connectivity index (χ1) is 8.75. The van der Waals surface area contributed by atoms with E-state index in [1.54, 1.807) is 21.8 Å². The number of hydrogen-bond donors (Lipinski definition) is 0. The molecule has 0 aliphatic rings. The molecule has 6 heteroatoms. The summed E-state index contributed by atoms with van der Waals surface area (Å²) in [7, 11) is 1.88. The van der Waals surface area contributed by atoms with Crippen LogP contribution in [0.2, 0.25) is 5.15 Å². The van der Waals surface area contributed by atoms with Gasteiger partial charge in [0, 0.05) is 25.6 Å². The quantitative estimate of drug-likeness (QED) is 0.664. The van der Waals surface area contributed by atoms with Crippen LogP contribution in [0, 0.1) is 0 Å². The number of aromatic nitrogens is 5. The molecule has 3 aromatic rings. The van der Waals surface area contributed by atoms with Crippen LogP contribution in [0.25, 0.3) is 17.1 Å². The molecule has 0 saturated carbocycles. The van der Waals surface area contributed by atoms with Crippen molar-refractivity contribution in [2.45, 2.75) is 0 Å². The van der Waals surface area contributed by atoms with E-state index in [1.807, 2.05) is 37.5 Å². The molecule has 0 aromatic carbocycles. The van der Waals surface area contributed by atoms with Gasteiger partial charge in [0.1, 0.15) is 11.4 Å². The maximum atomic E-state index is 6.03. The normalized spacial score (nSPS) is 10.8. The third-order valence-electron chi connectivity index (χ3n) is 2.66. The highest BCUT2D eigenvalue weighted by molar-refractivity contribution is 6.31. The van der Waals surface area contributed by atoms with E-state index < -0.39 is 0 Å². The minimum atomic E-state index is 0.428. The number of pyridine rings is 1. The van der Waals surface area contributed by atoms with Gasteiger partial charge in [-0.15, -0.1) is 0 Å². The molecule has 5 nitrogen and oxygen atoms in total. The summed E-state index contributed by atoms with van der Waals surface area (Å²) in [6, 6.07) is 7.53. The molecule has 90 valence electrons. The fourth-order valence-corrected chi connectivity index (χ4v) is 1.97. The van der Waals surface area contributed by atoms with Crippen LogP contribution in [0.15, 0.2) is 42.9 Å². The minimum absolute atomic E-state index is 0.428. The van der Waals surface area contributed by atoms with Gasteiger partial charge in [0.25, 0.3) is 0 Å². The third kappa shape index (κ3) is 1.78. The van der Waals surface area contributed by atoms with Crippen molar-refractivity contribution in [3.05, 3.63) is 48.0 Å². The SMILES string of the molecule is Cn1nccc1-c1ccn(-c2cccnc2Cl)n1. The minimum Gasteiger partial charge on any atom is -0.266 e. The Morgan fingerprint density at radius 1 is 1.17 bits per heavy atom. The summed E-state index contributed by atoms with van der Waals surface area (Å²) >= 11 is 6.03. The van der Waals surface area contributed by atoms with Gasteiger partial charge in [-0.05, 0) is 24.3 Å². The van der Waals surface area contributed by atoms with Gasteiger partial charge < -0.3 is 0 Å². The van der Waals surface area contributed by atoms with Crippen molar-refractivity contribution < 1.29 is 0 Å². The highest BCUT2D eigenvalue weighted by Gasteiger charge is 2.09. The second-order valence-corrected chi connectivity index (χ2v) is 4.16. The summed E-state index contributed by atoms with van der Waals surface area (Å²) < 4.78 is 3.48. The van der Waals surface area contributed by atoms with E-state index in [0.29, 0.717) is 5.15 Å². The van der Waals surface area contributed by atoms with E-state index >= 15 is 0 Å². The van der Waals surface area contributed by atoms with Gasteiger partial charge in [-0.2, -0.15) is 10.2 Å². The Morgan fingerprint density at radius 3 is 2.78 bits per heavy atom. The topological polar surface area (TPSA) is 48.5 Å². The Balaban J connectivity index is 2.05. The van der Waals surface area contributed by atoms with Gasteiger partial charge in [0.2, 0.25) is 0 Å². The molecule has 0 saturated heterocycles. The number of halogens is 1. The molecule has 3 heterocycles. The average Bonchev–Trinajstić information content (AvgIpc) is 2.98. The molecule has 3 aromatic heterocycles. The lowest BCUT2D eigenvalue weighted by molar-refractivity contribution is 0.769. The van der Waals surface area contributed by atoms with Crippen LogP contribution < -0.4 is 0 Å². The lowest BCUT2D eigenvalue weighted by atomic mass is 10.3. The standard InChI is InChI=1S/C12H10ClN5/c1-17-10(4-7-15-17)9-5-8-18(16-9)11-3-2-6-14-12(11)13/h2-8H,1H3. The molecule has 0 atom stereocenters. The Labute approximate surface area is 109 Å². The predicted octanol–water partition coefficient (Wildman–Crippen LogP) is 2.32. The van der Waals surface area contributed by atoms with Gasteiger partial charge in [0.05, 0.1) is 5.69 Å². The summed E-state index contributed by atoms with van der Waals surface area (Å²) in [5, 5.41) is 9.03. The zero-order valence-electron chi connectivity index (χ0n) is 9.66. The van der Waals surface area contributed by atoms with Crippen molar-refractivity contribution in [1.82, 2.24) is 24.5 Å². The Morgan fingerprint density at radius 2 is 2.06 bits per heavy atom. The first-order valence-corrected chi connectivity index (χ1v) is 5.78. The molecule has 3 rings (SSSR count). The van der Waals surface area contributed by atoms with E-state index in [0.717, 1.165) is 17.1 Å². The summed E-state index contributed by atoms with van der Waals surface area (Å²) in [6.07, 6.45) is 5.24. The molecule has 0 fully saturated rings. The molecular formula is C12H10ClN5. The molecule has 0 aliphatic carbocycles. The number of hydrogen-bond acceptors (Lipinski definition) is 3. The molecule has 0 spiro atoms. The van der Waals surface area contributed by atoms with E-state index in [-0.39, 0.29) is 0 Å². The van der Waals surface area contributed by atoms with E-state index in [9.17, 15) is 0 Å². The van der Waals surface area contributed by atoms with Crippen LogP contribution >= 0.6 is 11.6 Å². The van der Waals surface area contributed by atoms with Gasteiger partial charge >= 0.3 is 0 Å². The maximum absolute atomic E-state index is 6.03. The predicted molar refractivity (Wildman–Crippen MR) is 68.6 cm³/mol. The van der Waals surface area contributed by atoms with Crippen molar-refractivity contribution in [1.29, 1.82) is 0 Å². The first kappa shape index (κ1) is 11.0. The van der Waals surface area contributed by atoms with Crippen LogP contribution in [0.1, 0.15) is 0 Å². The van der Waals surface area contributed by atoms with Crippen LogP contribution in [0.5, 0.6) is 0 Å². The molecule has 0 amide bonds. The first-order valence-electron chi connectivity index (χ1n) is 5.40. The number of aryl methyl sites for hydroxylation is 1. The Bertz CT molecular complexity index is 685. The van der Waals surface area contributed by atoms with Gasteiger partial charge in [0.15, 0.2) is 5.15 Å². The highest BCUT2D eigenvalue weighted by atomic mass is 35.5. The third-order valence-corrected chi connectivity index (χ3v) is 2.95. The average molecular weight is 260 g/mol. The maximum Gasteiger partial charge on any atom is 0.154 e. The number of rotatable bonds is 2. The van der Waals surface area contributed by atoms with Gasteiger partial charge in [-0.3, -0.25) is 4.68 Å². The lowest BCUT2D eigenvalue weighted by Gasteiger charge is -2.02. The molecule has 0 aliphatic heterocycles. The van der Waals surface area contributed by atoms with Gasteiger partial charge in [-0.1, -0.05) is 11.6 Å². The summed E-state index contributed by atoms with van der Waals surface area (Å²) in [5.74, 6) is 0. The lowest BCUT2D eigenvalue weighted by Crippen LogP contribution is -1.98. The summed E-state index contributed by atoms with van der Waals surface area (Å²) in [5.41, 5.74) is 2.55. The van der Waals surface area contributed by atoms with Gasteiger partial charge in [-0.25, -0.2) is 9.67 Å². The fraction of sp³-hybridized carbons (Fsp3) is 0.0833. The molecule has 0 unspecified atom stereocenters. The van der Waals surface area contributed by atoms with Crippen molar-refractivity contribution in [3.8, 4) is 17.1 Å². The second kappa shape index (κ2) is 4.27. The molecule has 0 radical (unpaired) electrons. The van der Waals surface area contributed by atoms with Crippen LogP contribution in [0.4, 0.5) is 0 Å². The van der Waals surface area contributed by atoms with Crippen LogP contribution in [-0.4, -0.2) is 24.5 Å². The molecule has 18 heavy (non-hydrogen) atoms. The van der Waals surface area contributed by atoms with Crippen LogP contribution in [-0.2, 0) is 7.05 Å². The van der Waals surface area contributed by atoms with E-state index in [2.05, 4.69) is 15.2 Å². The van der Waals surface area contributed by atoms with Crippen LogP contribution in [0.3, 0.4) is 0 Å². The molecule has 0 N–H and O–H groups in total. The Hall–Kier alpha value is -2.14. The fourth-order valence-electron chi connectivity index (χ4n) is 1.77. The Kier molecular flexibility index (Phi) is 2.60. The summed E-state index contributed by atoms with van der Waals surface area (Å²) in [4.78, 5) is 4.03.